The van der Waals surface area contributed by atoms with Crippen LogP contribution in [0.4, 0.5) is 5.69 Å². The Morgan fingerprint density at radius 3 is 2.45 bits per heavy atom. The third-order valence-electron chi connectivity index (χ3n) is 2.46. The van der Waals surface area contributed by atoms with Crippen molar-refractivity contribution in [2.45, 2.75) is 13.5 Å². The SMILES string of the molecule is CCOC(=O)c1cnc(COc2ccc(N)cc2)nc1. The van der Waals surface area contributed by atoms with Crippen molar-refractivity contribution < 1.29 is 14.3 Å². The molecule has 104 valence electrons. The number of benzene rings is 1. The predicted octanol–water partition coefficient (Wildman–Crippen LogP) is 1.81. The van der Waals surface area contributed by atoms with Crippen LogP contribution in [-0.2, 0) is 11.3 Å². The molecule has 1 aromatic heterocycles. The van der Waals surface area contributed by atoms with Crippen LogP contribution in [0.5, 0.6) is 5.75 Å². The third-order valence-corrected chi connectivity index (χ3v) is 2.46. The summed E-state index contributed by atoms with van der Waals surface area (Å²) >= 11 is 0. The fourth-order valence-corrected chi connectivity index (χ4v) is 1.46. The van der Waals surface area contributed by atoms with E-state index in [0.29, 0.717) is 29.4 Å². The maximum absolute atomic E-state index is 11.4. The quantitative estimate of drug-likeness (QED) is 0.660. The fraction of sp³-hybridized carbons (Fsp3) is 0.214. The highest BCUT2D eigenvalue weighted by atomic mass is 16.5. The molecule has 0 aliphatic rings. The maximum Gasteiger partial charge on any atom is 0.341 e. The Kier molecular flexibility index (Phi) is 4.49. The van der Waals surface area contributed by atoms with Gasteiger partial charge in [0, 0.05) is 18.1 Å². The molecule has 2 N–H and O–H groups in total. The van der Waals surface area contributed by atoms with Gasteiger partial charge in [0.1, 0.15) is 12.4 Å². The molecule has 0 atom stereocenters. The summed E-state index contributed by atoms with van der Waals surface area (Å²) in [7, 11) is 0. The standard InChI is InChI=1S/C14H15N3O3/c1-2-19-14(18)10-7-16-13(17-8-10)9-20-12-5-3-11(15)4-6-12/h3-8H,2,9,15H2,1H3. The summed E-state index contributed by atoms with van der Waals surface area (Å²) < 4.78 is 10.3. The van der Waals surface area contributed by atoms with E-state index in [2.05, 4.69) is 9.97 Å². The van der Waals surface area contributed by atoms with Crippen LogP contribution >= 0.6 is 0 Å². The Labute approximate surface area is 116 Å². The zero-order chi connectivity index (χ0) is 14.4. The van der Waals surface area contributed by atoms with Gasteiger partial charge >= 0.3 is 5.97 Å². The summed E-state index contributed by atoms with van der Waals surface area (Å²) in [5.74, 6) is 0.727. The molecule has 0 aliphatic carbocycles. The number of nitrogens with two attached hydrogens (primary N) is 1. The lowest BCUT2D eigenvalue weighted by Crippen LogP contribution is -2.08. The Hall–Kier alpha value is -2.63. The van der Waals surface area contributed by atoms with Crippen LogP contribution in [0.3, 0.4) is 0 Å². The van der Waals surface area contributed by atoms with Gasteiger partial charge in [-0.1, -0.05) is 0 Å². The minimum absolute atomic E-state index is 0.215. The molecule has 0 radical (unpaired) electrons. The third kappa shape index (κ3) is 3.68. The summed E-state index contributed by atoms with van der Waals surface area (Å²) in [5.41, 5.74) is 6.58. The molecule has 2 rings (SSSR count). The first-order valence-corrected chi connectivity index (χ1v) is 6.15. The van der Waals surface area contributed by atoms with Gasteiger partial charge in [0.05, 0.1) is 12.2 Å². The van der Waals surface area contributed by atoms with Gasteiger partial charge in [-0.05, 0) is 31.2 Å². The van der Waals surface area contributed by atoms with E-state index >= 15 is 0 Å². The van der Waals surface area contributed by atoms with Crippen LogP contribution in [0.1, 0.15) is 23.1 Å². The first-order valence-electron chi connectivity index (χ1n) is 6.15. The highest BCUT2D eigenvalue weighted by Crippen LogP contribution is 2.14. The van der Waals surface area contributed by atoms with Crippen LogP contribution in [0.15, 0.2) is 36.7 Å². The summed E-state index contributed by atoms with van der Waals surface area (Å²) in [6, 6.07) is 7.03. The fourth-order valence-electron chi connectivity index (χ4n) is 1.46. The maximum atomic E-state index is 11.4. The molecular weight excluding hydrogens is 258 g/mol. The molecule has 6 nitrogen and oxygen atoms in total. The largest absolute Gasteiger partial charge is 0.486 e. The van der Waals surface area contributed by atoms with Gasteiger partial charge in [-0.25, -0.2) is 14.8 Å². The number of carbonyl (C=O) groups is 1. The minimum Gasteiger partial charge on any atom is -0.486 e. The van der Waals surface area contributed by atoms with Crippen molar-refractivity contribution in [1.29, 1.82) is 0 Å². The van der Waals surface area contributed by atoms with Gasteiger partial charge in [0.2, 0.25) is 0 Å². The summed E-state index contributed by atoms with van der Waals surface area (Å²) in [6.07, 6.45) is 2.85. The van der Waals surface area contributed by atoms with E-state index in [0.717, 1.165) is 0 Å². The van der Waals surface area contributed by atoms with Gasteiger partial charge in [-0.3, -0.25) is 0 Å². The lowest BCUT2D eigenvalue weighted by atomic mass is 10.3. The Bertz CT molecular complexity index is 567. The van der Waals surface area contributed by atoms with E-state index in [1.807, 2.05) is 0 Å². The van der Waals surface area contributed by atoms with E-state index in [9.17, 15) is 4.79 Å². The number of nitrogens with zero attached hydrogens (tertiary/aromatic N) is 2. The van der Waals surface area contributed by atoms with Crippen LogP contribution < -0.4 is 10.5 Å². The molecule has 2 aromatic rings. The van der Waals surface area contributed by atoms with Gasteiger partial charge in [-0.2, -0.15) is 0 Å². The van der Waals surface area contributed by atoms with Crippen LogP contribution in [0, 0.1) is 0 Å². The van der Waals surface area contributed by atoms with E-state index in [-0.39, 0.29) is 6.61 Å². The number of ether oxygens (including phenoxy) is 2. The Balaban J connectivity index is 1.93. The molecule has 0 saturated heterocycles. The molecule has 0 bridgehead atoms. The number of rotatable bonds is 5. The summed E-state index contributed by atoms with van der Waals surface area (Å²) in [6.45, 7) is 2.28. The molecule has 6 heteroatoms. The topological polar surface area (TPSA) is 87.3 Å². The van der Waals surface area contributed by atoms with Crippen molar-refractivity contribution in [1.82, 2.24) is 9.97 Å². The average molecular weight is 273 g/mol. The number of aromatic nitrogens is 2. The molecule has 0 amide bonds. The molecule has 1 heterocycles. The highest BCUT2D eigenvalue weighted by Gasteiger charge is 2.07. The molecule has 0 unspecified atom stereocenters. The first-order chi connectivity index (χ1) is 9.69. The van der Waals surface area contributed by atoms with Gasteiger partial charge < -0.3 is 15.2 Å². The molecule has 20 heavy (non-hydrogen) atoms. The normalized spacial score (nSPS) is 10.1. The smallest absolute Gasteiger partial charge is 0.341 e. The molecular formula is C14H15N3O3. The van der Waals surface area contributed by atoms with E-state index < -0.39 is 5.97 Å². The number of nitrogen functional groups attached to an aromatic ring is 1. The van der Waals surface area contributed by atoms with Crippen LogP contribution in [-0.4, -0.2) is 22.5 Å². The average Bonchev–Trinajstić information content (AvgIpc) is 2.47. The molecule has 0 saturated carbocycles. The lowest BCUT2D eigenvalue weighted by molar-refractivity contribution is 0.0525. The molecule has 0 fully saturated rings. The number of hydrogen-bond donors (Lipinski definition) is 1. The minimum atomic E-state index is -0.432. The summed E-state index contributed by atoms with van der Waals surface area (Å²) in [5, 5.41) is 0. The van der Waals surface area contributed by atoms with Crippen LogP contribution in [0.25, 0.3) is 0 Å². The van der Waals surface area contributed by atoms with Crippen molar-refractivity contribution in [3.05, 3.63) is 48.0 Å². The van der Waals surface area contributed by atoms with Crippen LogP contribution in [0.2, 0.25) is 0 Å². The van der Waals surface area contributed by atoms with E-state index in [1.54, 1.807) is 31.2 Å². The molecule has 0 aliphatic heterocycles. The number of carbonyl (C=O) groups excluding carboxylic acids is 1. The number of anilines is 1. The van der Waals surface area contributed by atoms with Gasteiger partial charge in [0.25, 0.3) is 0 Å². The van der Waals surface area contributed by atoms with E-state index in [1.165, 1.54) is 12.4 Å². The van der Waals surface area contributed by atoms with Crippen molar-refractivity contribution in [2.75, 3.05) is 12.3 Å². The van der Waals surface area contributed by atoms with Gasteiger partial charge in [-0.15, -0.1) is 0 Å². The number of hydrogen-bond acceptors (Lipinski definition) is 6. The molecule has 1 aromatic carbocycles. The highest BCUT2D eigenvalue weighted by molar-refractivity contribution is 5.88. The lowest BCUT2D eigenvalue weighted by Gasteiger charge is -2.06. The number of esters is 1. The van der Waals surface area contributed by atoms with E-state index in [4.69, 9.17) is 15.2 Å². The Morgan fingerprint density at radius 2 is 1.85 bits per heavy atom. The predicted molar refractivity (Wildman–Crippen MR) is 73.2 cm³/mol. The monoisotopic (exact) mass is 273 g/mol. The summed E-state index contributed by atoms with van der Waals surface area (Å²) in [4.78, 5) is 19.5. The second kappa shape index (κ2) is 6.51. The zero-order valence-corrected chi connectivity index (χ0v) is 11.1. The van der Waals surface area contributed by atoms with Crippen molar-refractivity contribution in [2.24, 2.45) is 0 Å². The molecule has 0 spiro atoms. The second-order valence-corrected chi connectivity index (χ2v) is 3.97. The Morgan fingerprint density at radius 1 is 1.20 bits per heavy atom. The second-order valence-electron chi connectivity index (χ2n) is 3.97. The zero-order valence-electron chi connectivity index (χ0n) is 11.1. The van der Waals surface area contributed by atoms with Crippen molar-refractivity contribution in [3.63, 3.8) is 0 Å². The first kappa shape index (κ1) is 13.8. The van der Waals surface area contributed by atoms with Crippen molar-refractivity contribution >= 4 is 11.7 Å². The van der Waals surface area contributed by atoms with Crippen molar-refractivity contribution in [3.8, 4) is 5.75 Å². The van der Waals surface area contributed by atoms with Gasteiger partial charge in [0.15, 0.2) is 5.82 Å².